The van der Waals surface area contributed by atoms with Gasteiger partial charge in [-0.3, -0.25) is 0 Å². The Bertz CT molecular complexity index is 476. The van der Waals surface area contributed by atoms with Crippen LogP contribution in [0.3, 0.4) is 0 Å². The molecule has 0 radical (unpaired) electrons. The maximum Gasteiger partial charge on any atom is 0.106 e. The van der Waals surface area contributed by atoms with E-state index in [1.54, 1.807) is 0 Å². The van der Waals surface area contributed by atoms with Gasteiger partial charge in [0.05, 0.1) is 23.7 Å². The largest absolute Gasteiger partial charge is 0.391 e. The number of para-hydroxylation sites is 2. The first-order valence-electron chi connectivity index (χ1n) is 5.82. The Labute approximate surface area is 95.7 Å². The molecule has 0 amide bonds. The van der Waals surface area contributed by atoms with Crippen molar-refractivity contribution in [2.75, 3.05) is 0 Å². The average Bonchev–Trinajstić information content (AvgIpc) is 2.56. The van der Waals surface area contributed by atoms with Crippen LogP contribution in [0.25, 0.3) is 11.0 Å². The van der Waals surface area contributed by atoms with Gasteiger partial charge in [0.15, 0.2) is 0 Å². The van der Waals surface area contributed by atoms with Crippen LogP contribution in [0, 0.1) is 6.92 Å². The van der Waals surface area contributed by atoms with Gasteiger partial charge in [0.1, 0.15) is 5.82 Å². The molecule has 86 valence electrons. The highest BCUT2D eigenvalue weighted by Gasteiger charge is 2.10. The third kappa shape index (κ3) is 2.09. The van der Waals surface area contributed by atoms with Crippen LogP contribution in [0.15, 0.2) is 24.3 Å². The molecule has 1 aromatic heterocycles. The molecule has 1 heterocycles. The van der Waals surface area contributed by atoms with Crippen molar-refractivity contribution in [3.8, 4) is 0 Å². The first-order valence-corrected chi connectivity index (χ1v) is 5.82. The van der Waals surface area contributed by atoms with Gasteiger partial charge in [-0.05, 0) is 25.5 Å². The molecule has 3 nitrogen and oxygen atoms in total. The van der Waals surface area contributed by atoms with Crippen LogP contribution in [-0.2, 0) is 6.54 Å². The minimum Gasteiger partial charge on any atom is -0.391 e. The molecule has 0 saturated carbocycles. The lowest BCUT2D eigenvalue weighted by molar-refractivity contribution is 0.144. The van der Waals surface area contributed by atoms with E-state index in [0.29, 0.717) is 6.54 Å². The number of nitrogens with zero attached hydrogens (tertiary/aromatic N) is 2. The predicted octanol–water partition coefficient (Wildman–Crippen LogP) is 2.51. The second kappa shape index (κ2) is 4.66. The van der Waals surface area contributed by atoms with Gasteiger partial charge < -0.3 is 9.67 Å². The van der Waals surface area contributed by atoms with E-state index in [1.807, 2.05) is 31.2 Å². The second-order valence-electron chi connectivity index (χ2n) is 4.20. The number of aryl methyl sites for hydroxylation is 1. The molecular formula is C13H18N2O. The highest BCUT2D eigenvalue weighted by molar-refractivity contribution is 5.75. The summed E-state index contributed by atoms with van der Waals surface area (Å²) in [7, 11) is 0. The molecule has 1 unspecified atom stereocenters. The van der Waals surface area contributed by atoms with Crippen LogP contribution < -0.4 is 0 Å². The van der Waals surface area contributed by atoms with E-state index in [-0.39, 0.29) is 6.10 Å². The van der Waals surface area contributed by atoms with E-state index in [1.165, 1.54) is 0 Å². The fourth-order valence-corrected chi connectivity index (χ4v) is 2.06. The second-order valence-corrected chi connectivity index (χ2v) is 4.20. The van der Waals surface area contributed by atoms with E-state index in [0.717, 1.165) is 29.7 Å². The Morgan fingerprint density at radius 1 is 1.38 bits per heavy atom. The first kappa shape index (κ1) is 11.1. The van der Waals surface area contributed by atoms with Gasteiger partial charge in [0.2, 0.25) is 0 Å². The maximum atomic E-state index is 9.86. The number of imidazole rings is 1. The van der Waals surface area contributed by atoms with Gasteiger partial charge in [-0.15, -0.1) is 0 Å². The predicted molar refractivity (Wildman–Crippen MR) is 65.4 cm³/mol. The number of aromatic nitrogens is 2. The molecule has 1 atom stereocenters. The standard InChI is InChI=1S/C13H18N2O/c1-3-6-11(16)9-15-10(2)14-12-7-4-5-8-13(12)15/h4-5,7-8,11,16H,3,6,9H2,1-2H3. The zero-order valence-corrected chi connectivity index (χ0v) is 9.85. The Kier molecular flexibility index (Phi) is 3.25. The van der Waals surface area contributed by atoms with Crippen LogP contribution >= 0.6 is 0 Å². The number of aliphatic hydroxyl groups excluding tert-OH is 1. The lowest BCUT2D eigenvalue weighted by Gasteiger charge is -2.12. The number of aliphatic hydroxyl groups is 1. The van der Waals surface area contributed by atoms with E-state index in [2.05, 4.69) is 16.5 Å². The van der Waals surface area contributed by atoms with E-state index >= 15 is 0 Å². The van der Waals surface area contributed by atoms with E-state index in [4.69, 9.17) is 0 Å². The number of hydrogen-bond donors (Lipinski definition) is 1. The highest BCUT2D eigenvalue weighted by atomic mass is 16.3. The van der Waals surface area contributed by atoms with E-state index < -0.39 is 0 Å². The summed E-state index contributed by atoms with van der Waals surface area (Å²) in [6.07, 6.45) is 1.57. The van der Waals surface area contributed by atoms with Crippen LogP contribution in [0.2, 0.25) is 0 Å². The topological polar surface area (TPSA) is 38.0 Å². The normalized spacial score (nSPS) is 13.2. The summed E-state index contributed by atoms with van der Waals surface area (Å²) in [6, 6.07) is 8.05. The van der Waals surface area contributed by atoms with Crippen molar-refractivity contribution in [2.24, 2.45) is 0 Å². The SMILES string of the molecule is CCCC(O)Cn1c(C)nc2ccccc21. The summed E-state index contributed by atoms with van der Waals surface area (Å²) in [5, 5.41) is 9.86. The smallest absolute Gasteiger partial charge is 0.106 e. The zero-order valence-electron chi connectivity index (χ0n) is 9.85. The summed E-state index contributed by atoms with van der Waals surface area (Å²) >= 11 is 0. The van der Waals surface area contributed by atoms with Crippen molar-refractivity contribution in [1.29, 1.82) is 0 Å². The van der Waals surface area contributed by atoms with Crippen molar-refractivity contribution < 1.29 is 5.11 Å². The van der Waals surface area contributed by atoms with Gasteiger partial charge in [-0.25, -0.2) is 4.98 Å². The van der Waals surface area contributed by atoms with Gasteiger partial charge in [-0.1, -0.05) is 25.5 Å². The van der Waals surface area contributed by atoms with Crippen molar-refractivity contribution in [3.63, 3.8) is 0 Å². The average molecular weight is 218 g/mol. The summed E-state index contributed by atoms with van der Waals surface area (Å²) in [5.74, 6) is 0.969. The molecule has 0 bridgehead atoms. The van der Waals surface area contributed by atoms with Gasteiger partial charge >= 0.3 is 0 Å². The number of rotatable bonds is 4. The lowest BCUT2D eigenvalue weighted by atomic mass is 10.2. The summed E-state index contributed by atoms with van der Waals surface area (Å²) in [4.78, 5) is 4.48. The fourth-order valence-electron chi connectivity index (χ4n) is 2.06. The monoisotopic (exact) mass is 218 g/mol. The van der Waals surface area contributed by atoms with Crippen molar-refractivity contribution in [1.82, 2.24) is 9.55 Å². The van der Waals surface area contributed by atoms with Crippen molar-refractivity contribution in [2.45, 2.75) is 39.3 Å². The minimum atomic E-state index is -0.277. The van der Waals surface area contributed by atoms with Crippen molar-refractivity contribution in [3.05, 3.63) is 30.1 Å². The van der Waals surface area contributed by atoms with Crippen LogP contribution in [0.5, 0.6) is 0 Å². The lowest BCUT2D eigenvalue weighted by Crippen LogP contribution is -2.16. The van der Waals surface area contributed by atoms with Crippen LogP contribution in [-0.4, -0.2) is 20.8 Å². The Balaban J connectivity index is 2.32. The Hall–Kier alpha value is -1.35. The van der Waals surface area contributed by atoms with Crippen LogP contribution in [0.4, 0.5) is 0 Å². The molecule has 2 rings (SSSR count). The summed E-state index contributed by atoms with van der Waals surface area (Å²) in [6.45, 7) is 4.71. The molecular weight excluding hydrogens is 200 g/mol. The molecule has 0 aliphatic carbocycles. The summed E-state index contributed by atoms with van der Waals surface area (Å²) < 4.78 is 2.09. The van der Waals surface area contributed by atoms with Gasteiger partial charge in [0, 0.05) is 0 Å². The highest BCUT2D eigenvalue weighted by Crippen LogP contribution is 2.16. The van der Waals surface area contributed by atoms with E-state index in [9.17, 15) is 5.11 Å². The molecule has 16 heavy (non-hydrogen) atoms. The zero-order chi connectivity index (χ0) is 11.5. The molecule has 0 spiro atoms. The Morgan fingerprint density at radius 2 is 2.12 bits per heavy atom. The van der Waals surface area contributed by atoms with Crippen LogP contribution in [0.1, 0.15) is 25.6 Å². The fraction of sp³-hybridized carbons (Fsp3) is 0.462. The number of hydrogen-bond acceptors (Lipinski definition) is 2. The Morgan fingerprint density at radius 3 is 2.88 bits per heavy atom. The van der Waals surface area contributed by atoms with Gasteiger partial charge in [0.25, 0.3) is 0 Å². The molecule has 0 saturated heterocycles. The molecule has 0 aliphatic heterocycles. The van der Waals surface area contributed by atoms with Crippen molar-refractivity contribution >= 4 is 11.0 Å². The van der Waals surface area contributed by atoms with Gasteiger partial charge in [-0.2, -0.15) is 0 Å². The molecule has 3 heteroatoms. The first-order chi connectivity index (χ1) is 7.72. The third-order valence-corrected chi connectivity index (χ3v) is 2.86. The molecule has 1 N–H and O–H groups in total. The quantitative estimate of drug-likeness (QED) is 0.856. The number of benzene rings is 1. The maximum absolute atomic E-state index is 9.86. The molecule has 0 aliphatic rings. The molecule has 0 fully saturated rings. The minimum absolute atomic E-state index is 0.277. The molecule has 1 aromatic carbocycles. The molecule has 2 aromatic rings. The third-order valence-electron chi connectivity index (χ3n) is 2.86. The summed E-state index contributed by atoms with van der Waals surface area (Å²) in [5.41, 5.74) is 2.11. The number of fused-ring (bicyclic) bond motifs is 1.